The summed E-state index contributed by atoms with van der Waals surface area (Å²) in [5.41, 5.74) is 5.95. The Bertz CT molecular complexity index is 2410. The number of carbonyl (C=O) groups excluding carboxylic acids is 1. The van der Waals surface area contributed by atoms with Crippen LogP contribution < -0.4 is 26.0 Å². The second-order valence-corrected chi connectivity index (χ2v) is 19.4. The van der Waals surface area contributed by atoms with Gasteiger partial charge in [-0.3, -0.25) is 24.3 Å². The molecule has 3 aromatic carbocycles. The maximum absolute atomic E-state index is 12.6. The van der Waals surface area contributed by atoms with E-state index in [1.165, 1.54) is 6.66 Å². The quantitative estimate of drug-likeness (QED) is 0.0248. The molecule has 1 heterocycles. The molecule has 69 heavy (non-hydrogen) atoms. The number of hydrogen-bond acceptors (Lipinski definition) is 14. The monoisotopic (exact) mass is 1050 g/mol. The SMILES string of the molecule is CCNc1nc(Cl)nc(NC(C)(C)C)n1.CCc1cccc(C)c1N(C(=O)CCl)C(C)COC.CP(=O)(O)CCC(N)C(=O)O.O=C(O)c1cc(Oc2ccc(C(F)(F)F)cc2Cl)ccc1[N+](=O)[O-]. The summed E-state index contributed by atoms with van der Waals surface area (Å²) in [5, 5.41) is 34.0. The summed E-state index contributed by atoms with van der Waals surface area (Å²) in [6.45, 7) is 16.5. The van der Waals surface area contributed by atoms with Gasteiger partial charge in [-0.05, 0) is 101 Å². The minimum atomic E-state index is -4.58. The largest absolute Gasteiger partial charge is 0.480 e. The molecule has 0 aliphatic rings. The minimum Gasteiger partial charge on any atom is -0.480 e. The molecule has 1 aromatic heterocycles. The molecule has 3 unspecified atom stereocenters. The van der Waals surface area contributed by atoms with Crippen LogP contribution in [0.4, 0.5) is 36.4 Å². The molecular weight excluding hydrogens is 999 g/mol. The number of nitrogens with zero attached hydrogens (tertiary/aromatic N) is 5. The standard InChI is InChI=1S/C15H22ClNO2.C14H7ClF3NO5.C9H16ClN5.C5H12NO4P/c1-5-13-8-6-7-11(2)15(13)17(14(18)9-16)12(3)10-19-4;15-10-5-7(14(16,17)18)1-4-12(10)24-8-2-3-11(19(22)23)9(6-8)13(20)21;1-5-11-7-12-6(10)13-8(14-7)15-9(2,3)4;1-11(9,10)3-2-4(6)5(7)8/h6-8,12H,5,9-10H2,1-4H3;1-6H,(H,20,21);5H2,1-4H3,(H2,11,12,13,14,15);4H,2-3,6H2,1H3,(H,7,8)(H,9,10). The van der Waals surface area contributed by atoms with E-state index in [1.807, 2.05) is 53.7 Å². The summed E-state index contributed by atoms with van der Waals surface area (Å²) >= 11 is 17.2. The van der Waals surface area contributed by atoms with Gasteiger partial charge in [0.15, 0.2) is 7.37 Å². The number of nitro groups is 1. The van der Waals surface area contributed by atoms with Crippen molar-refractivity contribution in [2.45, 2.75) is 85.1 Å². The smallest absolute Gasteiger partial charge is 0.416 e. The van der Waals surface area contributed by atoms with Crippen LogP contribution >= 0.6 is 42.2 Å². The average molecular weight is 1060 g/mol. The summed E-state index contributed by atoms with van der Waals surface area (Å²) in [7, 11) is -1.47. The third-order valence-electron chi connectivity index (χ3n) is 8.66. The zero-order chi connectivity index (χ0) is 53.0. The average Bonchev–Trinajstić information content (AvgIpc) is 3.23. The van der Waals surface area contributed by atoms with Crippen molar-refractivity contribution < 1.29 is 61.6 Å². The van der Waals surface area contributed by atoms with Gasteiger partial charge in [0.25, 0.3) is 5.69 Å². The van der Waals surface area contributed by atoms with E-state index in [2.05, 4.69) is 38.6 Å². The number of alkyl halides is 4. The van der Waals surface area contributed by atoms with Crippen LogP contribution in [0.25, 0.3) is 0 Å². The van der Waals surface area contributed by atoms with Gasteiger partial charge in [-0.2, -0.15) is 28.1 Å². The predicted molar refractivity (Wildman–Crippen MR) is 260 cm³/mol. The number of aliphatic carboxylic acids is 1. The summed E-state index contributed by atoms with van der Waals surface area (Å²) in [6.07, 6.45) is -3.70. The number of nitrogens with two attached hydrogens (primary N) is 1. The lowest BCUT2D eigenvalue weighted by Gasteiger charge is -2.31. The molecule has 0 aliphatic carbocycles. The molecule has 1 amide bonds. The molecule has 4 aromatic rings. The topological polar surface area (TPSA) is 283 Å². The molecule has 0 saturated heterocycles. The van der Waals surface area contributed by atoms with Crippen molar-refractivity contribution in [3.63, 3.8) is 0 Å². The number of hydrogen-bond donors (Lipinski definition) is 6. The molecule has 0 radical (unpaired) electrons. The number of rotatable bonds is 17. The molecule has 0 fully saturated rings. The van der Waals surface area contributed by atoms with Crippen molar-refractivity contribution in [1.82, 2.24) is 15.0 Å². The second-order valence-electron chi connectivity index (χ2n) is 15.8. The number of anilines is 3. The molecule has 3 atom stereocenters. The van der Waals surface area contributed by atoms with Crippen molar-refractivity contribution in [1.29, 1.82) is 0 Å². The molecule has 19 nitrogen and oxygen atoms in total. The first-order chi connectivity index (χ1) is 31.9. The summed E-state index contributed by atoms with van der Waals surface area (Å²) in [6, 6.07) is 10.3. The normalized spacial score (nSPS) is 12.7. The summed E-state index contributed by atoms with van der Waals surface area (Å²) in [4.78, 5) is 65.9. The number of halogens is 6. The highest BCUT2D eigenvalue weighted by atomic mass is 35.5. The number of carbonyl (C=O) groups is 3. The van der Waals surface area contributed by atoms with Crippen LogP contribution in [0.1, 0.15) is 75.0 Å². The van der Waals surface area contributed by atoms with Gasteiger partial charge in [0.1, 0.15) is 29.0 Å². The molecule has 26 heteroatoms. The fourth-order valence-corrected chi connectivity index (χ4v) is 6.86. The lowest BCUT2D eigenvalue weighted by atomic mass is 10.0. The Labute approximate surface area is 412 Å². The Morgan fingerprint density at radius 3 is 2.12 bits per heavy atom. The molecule has 0 saturated carbocycles. The molecule has 0 bridgehead atoms. The van der Waals surface area contributed by atoms with E-state index >= 15 is 0 Å². The first kappa shape index (κ1) is 61.7. The predicted octanol–water partition coefficient (Wildman–Crippen LogP) is 9.78. The van der Waals surface area contributed by atoms with Gasteiger partial charge in [-0.25, -0.2) is 4.79 Å². The number of methoxy groups -OCH3 is 1. The van der Waals surface area contributed by atoms with Crippen LogP contribution in [0.15, 0.2) is 54.6 Å². The van der Waals surface area contributed by atoms with E-state index in [1.54, 1.807) is 12.0 Å². The van der Waals surface area contributed by atoms with Crippen LogP contribution in [0.2, 0.25) is 10.3 Å². The Kier molecular flexibility index (Phi) is 25.3. The number of nitrogens with one attached hydrogen (secondary N) is 2. The first-order valence-electron chi connectivity index (χ1n) is 20.6. The van der Waals surface area contributed by atoms with Gasteiger partial charge in [-0.15, -0.1) is 11.6 Å². The van der Waals surface area contributed by atoms with Crippen LogP contribution in [-0.4, -0.2) is 109 Å². The number of aromatic nitrogens is 3. The maximum Gasteiger partial charge on any atom is 0.416 e. The number of nitro benzene ring substituents is 1. The van der Waals surface area contributed by atoms with E-state index in [9.17, 15) is 42.2 Å². The van der Waals surface area contributed by atoms with Crippen molar-refractivity contribution >= 4 is 83.3 Å². The van der Waals surface area contributed by atoms with Gasteiger partial charge in [0.2, 0.25) is 23.1 Å². The van der Waals surface area contributed by atoms with Gasteiger partial charge in [0, 0.05) is 44.2 Å². The third kappa shape index (κ3) is 22.3. The van der Waals surface area contributed by atoms with E-state index in [0.29, 0.717) is 24.6 Å². The van der Waals surface area contributed by atoms with Crippen LogP contribution in [0, 0.1) is 17.0 Å². The zero-order valence-electron chi connectivity index (χ0n) is 39.2. The van der Waals surface area contributed by atoms with Crippen LogP contribution in [0.5, 0.6) is 11.5 Å². The van der Waals surface area contributed by atoms with Crippen molar-refractivity contribution in [2.75, 3.05) is 54.5 Å². The minimum absolute atomic E-state index is 0.0223. The number of aryl methyl sites for hydroxylation is 2. The maximum atomic E-state index is 12.6. The molecular formula is C43H57Cl3F3N8O11P. The van der Waals surface area contributed by atoms with E-state index in [-0.39, 0.29) is 57.8 Å². The molecule has 0 aliphatic heterocycles. The number of carboxylic acid groups (broad SMARTS) is 2. The fraction of sp³-hybridized carbons (Fsp3) is 0.442. The lowest BCUT2D eigenvalue weighted by Crippen LogP contribution is -2.43. The number of aromatic carboxylic acids is 1. The van der Waals surface area contributed by atoms with Gasteiger partial charge in [-0.1, -0.05) is 36.7 Å². The zero-order valence-corrected chi connectivity index (χ0v) is 42.4. The van der Waals surface area contributed by atoms with Crippen molar-refractivity contribution in [2.24, 2.45) is 5.73 Å². The highest BCUT2D eigenvalue weighted by molar-refractivity contribution is 7.57. The molecule has 7 N–H and O–H groups in total. The fourth-order valence-electron chi connectivity index (χ4n) is 5.60. The van der Waals surface area contributed by atoms with Crippen LogP contribution in [0.3, 0.4) is 0 Å². The summed E-state index contributed by atoms with van der Waals surface area (Å²) < 4.78 is 58.7. The Balaban J connectivity index is 0.000000478. The van der Waals surface area contributed by atoms with Crippen LogP contribution in [-0.2, 0) is 31.5 Å². The Hall–Kier alpha value is -5.35. The van der Waals surface area contributed by atoms with E-state index in [4.69, 9.17) is 65.1 Å². The van der Waals surface area contributed by atoms with E-state index in [0.717, 1.165) is 60.1 Å². The Morgan fingerprint density at radius 1 is 1.01 bits per heavy atom. The van der Waals surface area contributed by atoms with Gasteiger partial charge in [0.05, 0.1) is 33.8 Å². The third-order valence-corrected chi connectivity index (χ3v) is 10.4. The molecule has 4 rings (SSSR count). The first-order valence-corrected chi connectivity index (χ1v) is 24.2. The lowest BCUT2D eigenvalue weighted by molar-refractivity contribution is -0.385. The molecule has 0 spiro atoms. The molecule has 382 valence electrons. The number of para-hydroxylation sites is 1. The highest BCUT2D eigenvalue weighted by Gasteiger charge is 2.31. The highest BCUT2D eigenvalue weighted by Crippen LogP contribution is 2.38. The van der Waals surface area contributed by atoms with Crippen molar-refractivity contribution in [3.05, 3.63) is 97.3 Å². The number of carboxylic acids is 2. The number of benzene rings is 3. The summed E-state index contributed by atoms with van der Waals surface area (Å²) in [5.74, 6) is -2.11. The van der Waals surface area contributed by atoms with Gasteiger partial charge >= 0.3 is 18.1 Å². The Morgan fingerprint density at radius 2 is 1.64 bits per heavy atom. The van der Waals surface area contributed by atoms with Crippen molar-refractivity contribution in [3.8, 4) is 11.5 Å². The number of amides is 1. The van der Waals surface area contributed by atoms with Gasteiger partial charge < -0.3 is 45.8 Å². The van der Waals surface area contributed by atoms with E-state index < -0.39 is 53.3 Å². The second kappa shape index (κ2) is 28.3. The number of ether oxygens (including phenoxy) is 2.